The molecular formula is C11H12ClFN2. The van der Waals surface area contributed by atoms with E-state index in [-0.39, 0.29) is 5.02 Å². The second-order valence-electron chi connectivity index (χ2n) is 3.39. The lowest BCUT2D eigenvalue weighted by Gasteiger charge is -2.24. The van der Waals surface area contributed by atoms with Crippen molar-refractivity contribution >= 4 is 11.6 Å². The van der Waals surface area contributed by atoms with Crippen molar-refractivity contribution in [2.24, 2.45) is 0 Å². The quantitative estimate of drug-likeness (QED) is 0.860. The van der Waals surface area contributed by atoms with Gasteiger partial charge in [0, 0.05) is 10.6 Å². The van der Waals surface area contributed by atoms with Crippen molar-refractivity contribution in [3.63, 3.8) is 0 Å². The third-order valence-electron chi connectivity index (χ3n) is 2.22. The third-order valence-corrected chi connectivity index (χ3v) is 2.54. The fourth-order valence-corrected chi connectivity index (χ4v) is 1.80. The van der Waals surface area contributed by atoms with Crippen molar-refractivity contribution in [2.75, 3.05) is 6.54 Å². The zero-order chi connectivity index (χ0) is 11.5. The van der Waals surface area contributed by atoms with Crippen LogP contribution in [0.3, 0.4) is 0 Å². The summed E-state index contributed by atoms with van der Waals surface area (Å²) < 4.78 is 12.8. The van der Waals surface area contributed by atoms with Crippen LogP contribution in [0.15, 0.2) is 18.2 Å². The van der Waals surface area contributed by atoms with E-state index in [1.165, 1.54) is 18.2 Å². The van der Waals surface area contributed by atoms with Gasteiger partial charge < -0.3 is 0 Å². The van der Waals surface area contributed by atoms with Crippen molar-refractivity contribution < 1.29 is 4.39 Å². The summed E-state index contributed by atoms with van der Waals surface area (Å²) in [5.41, 5.74) is -0.283. The smallest absolute Gasteiger partial charge is 0.130 e. The van der Waals surface area contributed by atoms with Crippen LogP contribution >= 0.6 is 11.6 Å². The van der Waals surface area contributed by atoms with Crippen molar-refractivity contribution in [3.05, 3.63) is 34.6 Å². The zero-order valence-corrected chi connectivity index (χ0v) is 9.40. The maximum atomic E-state index is 12.8. The van der Waals surface area contributed by atoms with Gasteiger partial charge in [0.15, 0.2) is 0 Å². The van der Waals surface area contributed by atoms with Crippen LogP contribution in [-0.4, -0.2) is 6.54 Å². The van der Waals surface area contributed by atoms with Crippen LogP contribution < -0.4 is 5.32 Å². The van der Waals surface area contributed by atoms with Gasteiger partial charge in [0.1, 0.15) is 11.4 Å². The standard InChI is InChI=1S/C11H12ClFN2/c1-3-15-11(2,7-14)9-5-4-8(13)6-10(9)12/h4-6,15H,3H2,1-2H3. The van der Waals surface area contributed by atoms with Gasteiger partial charge in [0.05, 0.1) is 6.07 Å². The van der Waals surface area contributed by atoms with Crippen LogP contribution in [0, 0.1) is 17.1 Å². The number of halogens is 2. The molecular weight excluding hydrogens is 215 g/mol. The average Bonchev–Trinajstić information content (AvgIpc) is 2.17. The number of hydrogen-bond acceptors (Lipinski definition) is 2. The summed E-state index contributed by atoms with van der Waals surface area (Å²) in [4.78, 5) is 0. The van der Waals surface area contributed by atoms with E-state index in [4.69, 9.17) is 16.9 Å². The van der Waals surface area contributed by atoms with Crippen LogP contribution in [0.1, 0.15) is 19.4 Å². The molecule has 4 heteroatoms. The molecule has 15 heavy (non-hydrogen) atoms. The molecule has 1 aromatic carbocycles. The summed E-state index contributed by atoms with van der Waals surface area (Å²) in [6.07, 6.45) is 0. The summed E-state index contributed by atoms with van der Waals surface area (Å²) in [6, 6.07) is 6.18. The summed E-state index contributed by atoms with van der Waals surface area (Å²) in [7, 11) is 0. The number of nitriles is 1. The predicted molar refractivity (Wildman–Crippen MR) is 58.1 cm³/mol. The molecule has 0 spiro atoms. The molecule has 0 radical (unpaired) electrons. The Bertz CT molecular complexity index is 400. The Labute approximate surface area is 93.7 Å². The van der Waals surface area contributed by atoms with Gasteiger partial charge in [0.2, 0.25) is 0 Å². The minimum absolute atomic E-state index is 0.264. The molecule has 0 bridgehead atoms. The van der Waals surface area contributed by atoms with E-state index in [0.717, 1.165) is 0 Å². The molecule has 1 rings (SSSR count). The first-order valence-electron chi connectivity index (χ1n) is 4.65. The molecule has 0 amide bonds. The number of hydrogen-bond donors (Lipinski definition) is 1. The average molecular weight is 227 g/mol. The molecule has 80 valence electrons. The SMILES string of the molecule is CCNC(C)(C#N)c1ccc(F)cc1Cl. The highest BCUT2D eigenvalue weighted by atomic mass is 35.5. The van der Waals surface area contributed by atoms with E-state index >= 15 is 0 Å². The molecule has 1 N–H and O–H groups in total. The molecule has 0 aliphatic rings. The minimum atomic E-state index is -0.875. The Morgan fingerprint density at radius 1 is 1.60 bits per heavy atom. The molecule has 0 fully saturated rings. The lowest BCUT2D eigenvalue weighted by Crippen LogP contribution is -2.38. The summed E-state index contributed by atoms with van der Waals surface area (Å²) in [6.45, 7) is 4.25. The molecule has 2 nitrogen and oxygen atoms in total. The molecule has 1 aromatic rings. The van der Waals surface area contributed by atoms with Crippen molar-refractivity contribution in [3.8, 4) is 6.07 Å². The normalized spacial score (nSPS) is 14.3. The topological polar surface area (TPSA) is 35.8 Å². The number of nitrogens with zero attached hydrogens (tertiary/aromatic N) is 1. The van der Waals surface area contributed by atoms with Gasteiger partial charge >= 0.3 is 0 Å². The van der Waals surface area contributed by atoms with Crippen LogP contribution in [0.25, 0.3) is 0 Å². The van der Waals surface area contributed by atoms with E-state index in [0.29, 0.717) is 12.1 Å². The van der Waals surface area contributed by atoms with E-state index in [9.17, 15) is 4.39 Å². The lowest BCUT2D eigenvalue weighted by atomic mass is 9.93. The van der Waals surface area contributed by atoms with E-state index < -0.39 is 11.4 Å². The Balaban J connectivity index is 3.19. The van der Waals surface area contributed by atoms with Gasteiger partial charge in [-0.15, -0.1) is 0 Å². The van der Waals surface area contributed by atoms with Gasteiger partial charge in [-0.05, 0) is 25.6 Å². The van der Waals surface area contributed by atoms with Crippen LogP contribution in [-0.2, 0) is 5.54 Å². The molecule has 0 saturated carbocycles. The van der Waals surface area contributed by atoms with Crippen molar-refractivity contribution in [2.45, 2.75) is 19.4 Å². The van der Waals surface area contributed by atoms with Gasteiger partial charge in [-0.2, -0.15) is 5.26 Å². The predicted octanol–water partition coefficient (Wildman–Crippen LogP) is 2.83. The highest BCUT2D eigenvalue weighted by Gasteiger charge is 2.27. The second-order valence-corrected chi connectivity index (χ2v) is 3.80. The van der Waals surface area contributed by atoms with Crippen LogP contribution in [0.2, 0.25) is 5.02 Å². The van der Waals surface area contributed by atoms with E-state index in [1.807, 2.05) is 6.92 Å². The fraction of sp³-hybridized carbons (Fsp3) is 0.364. The Kier molecular flexibility index (Phi) is 3.67. The van der Waals surface area contributed by atoms with Gasteiger partial charge in [0.25, 0.3) is 0 Å². The van der Waals surface area contributed by atoms with Crippen molar-refractivity contribution in [1.29, 1.82) is 5.26 Å². The summed E-state index contributed by atoms with van der Waals surface area (Å²) >= 11 is 5.90. The monoisotopic (exact) mass is 226 g/mol. The summed E-state index contributed by atoms with van der Waals surface area (Å²) in [5.74, 6) is -0.402. The minimum Gasteiger partial charge on any atom is -0.296 e. The molecule has 0 saturated heterocycles. The highest BCUT2D eigenvalue weighted by Crippen LogP contribution is 2.28. The largest absolute Gasteiger partial charge is 0.296 e. The molecule has 0 heterocycles. The molecule has 1 unspecified atom stereocenters. The van der Waals surface area contributed by atoms with Crippen molar-refractivity contribution in [1.82, 2.24) is 5.32 Å². The first-order valence-corrected chi connectivity index (χ1v) is 5.03. The number of benzene rings is 1. The molecule has 1 atom stereocenters. The van der Waals surface area contributed by atoms with Gasteiger partial charge in [-0.3, -0.25) is 5.32 Å². The van der Waals surface area contributed by atoms with Crippen LogP contribution in [0.5, 0.6) is 0 Å². The third kappa shape index (κ3) is 2.47. The van der Waals surface area contributed by atoms with Gasteiger partial charge in [-0.1, -0.05) is 24.6 Å². The molecule has 0 aliphatic carbocycles. The number of nitrogens with one attached hydrogen (secondary N) is 1. The highest BCUT2D eigenvalue weighted by molar-refractivity contribution is 6.31. The van der Waals surface area contributed by atoms with E-state index in [1.54, 1.807) is 6.92 Å². The Morgan fingerprint density at radius 3 is 2.73 bits per heavy atom. The second kappa shape index (κ2) is 4.61. The maximum absolute atomic E-state index is 12.8. The molecule has 0 aromatic heterocycles. The zero-order valence-electron chi connectivity index (χ0n) is 8.64. The maximum Gasteiger partial charge on any atom is 0.130 e. The van der Waals surface area contributed by atoms with E-state index in [2.05, 4.69) is 11.4 Å². The number of rotatable bonds is 3. The fourth-order valence-electron chi connectivity index (χ4n) is 1.44. The summed E-state index contributed by atoms with van der Waals surface area (Å²) in [5, 5.41) is 12.4. The first-order chi connectivity index (χ1) is 7.03. The van der Waals surface area contributed by atoms with Gasteiger partial charge in [-0.25, -0.2) is 4.39 Å². The van der Waals surface area contributed by atoms with Crippen LogP contribution in [0.4, 0.5) is 4.39 Å². The Morgan fingerprint density at radius 2 is 2.27 bits per heavy atom. The Hall–Kier alpha value is -1.11. The first kappa shape index (κ1) is 12.0. The lowest BCUT2D eigenvalue weighted by molar-refractivity contribution is 0.481. The molecule has 0 aliphatic heterocycles.